The summed E-state index contributed by atoms with van der Waals surface area (Å²) in [5, 5.41) is 0. The summed E-state index contributed by atoms with van der Waals surface area (Å²) in [5.41, 5.74) is 0.240. The molecule has 19 heavy (non-hydrogen) atoms. The van der Waals surface area contributed by atoms with Crippen LogP contribution in [0.2, 0.25) is 0 Å². The van der Waals surface area contributed by atoms with Crippen LogP contribution in [-0.4, -0.2) is 22.8 Å². The zero-order valence-electron chi connectivity index (χ0n) is 11.2. The first kappa shape index (κ1) is 14.1. The summed E-state index contributed by atoms with van der Waals surface area (Å²) < 4.78 is 41.7. The number of alkyl halides is 3. The zero-order valence-corrected chi connectivity index (χ0v) is 11.2. The molecule has 6 heteroatoms. The molecule has 0 aliphatic heterocycles. The van der Waals surface area contributed by atoms with Crippen molar-refractivity contribution in [1.29, 1.82) is 0 Å². The van der Waals surface area contributed by atoms with Crippen molar-refractivity contribution in [1.82, 2.24) is 9.97 Å². The van der Waals surface area contributed by atoms with E-state index < -0.39 is 12.8 Å². The van der Waals surface area contributed by atoms with Crippen molar-refractivity contribution in [2.45, 2.75) is 51.1 Å². The fourth-order valence-electron chi connectivity index (χ4n) is 1.69. The second kappa shape index (κ2) is 4.65. The van der Waals surface area contributed by atoms with E-state index >= 15 is 0 Å². The molecular weight excluding hydrogens is 257 g/mol. The zero-order chi connectivity index (χ0) is 14.3. The molecule has 0 N–H and O–H groups in total. The SMILES string of the molecule is CC(C)(C)c1cnc(C2CC2)nc1OCC(F)(F)F. The van der Waals surface area contributed by atoms with Gasteiger partial charge in [0.1, 0.15) is 5.82 Å². The van der Waals surface area contributed by atoms with E-state index in [0.717, 1.165) is 12.8 Å². The molecule has 0 amide bonds. The van der Waals surface area contributed by atoms with Crippen LogP contribution in [0.25, 0.3) is 0 Å². The Balaban J connectivity index is 2.27. The van der Waals surface area contributed by atoms with Crippen LogP contribution in [0, 0.1) is 0 Å². The van der Waals surface area contributed by atoms with Crippen LogP contribution in [0.15, 0.2) is 6.20 Å². The Morgan fingerprint density at radius 2 is 1.89 bits per heavy atom. The molecule has 1 saturated carbocycles. The van der Waals surface area contributed by atoms with E-state index in [0.29, 0.717) is 11.4 Å². The minimum Gasteiger partial charge on any atom is -0.468 e. The van der Waals surface area contributed by atoms with Gasteiger partial charge in [0.25, 0.3) is 0 Å². The van der Waals surface area contributed by atoms with Gasteiger partial charge in [-0.05, 0) is 18.3 Å². The molecule has 0 bridgehead atoms. The second-order valence-corrected chi connectivity index (χ2v) is 5.88. The molecule has 0 saturated heterocycles. The molecule has 2 rings (SSSR count). The molecule has 0 spiro atoms. The fourth-order valence-corrected chi connectivity index (χ4v) is 1.69. The molecule has 3 nitrogen and oxygen atoms in total. The van der Waals surface area contributed by atoms with Crippen LogP contribution in [0.1, 0.15) is 50.9 Å². The van der Waals surface area contributed by atoms with Crippen LogP contribution >= 0.6 is 0 Å². The highest BCUT2D eigenvalue weighted by molar-refractivity contribution is 5.31. The van der Waals surface area contributed by atoms with Crippen molar-refractivity contribution in [2.24, 2.45) is 0 Å². The van der Waals surface area contributed by atoms with Crippen molar-refractivity contribution in [3.05, 3.63) is 17.6 Å². The first-order chi connectivity index (χ1) is 8.67. The Bertz CT molecular complexity index is 462. The first-order valence-corrected chi connectivity index (χ1v) is 6.24. The highest BCUT2D eigenvalue weighted by atomic mass is 19.4. The normalized spacial score (nSPS) is 16.5. The van der Waals surface area contributed by atoms with E-state index in [-0.39, 0.29) is 17.2 Å². The summed E-state index contributed by atoms with van der Waals surface area (Å²) in [6, 6.07) is 0. The lowest BCUT2D eigenvalue weighted by atomic mass is 9.89. The van der Waals surface area contributed by atoms with Gasteiger partial charge in [0, 0.05) is 17.7 Å². The Morgan fingerprint density at radius 1 is 1.26 bits per heavy atom. The highest BCUT2D eigenvalue weighted by Crippen LogP contribution is 2.40. The van der Waals surface area contributed by atoms with Gasteiger partial charge in [0.05, 0.1) is 0 Å². The van der Waals surface area contributed by atoms with E-state index in [4.69, 9.17) is 4.74 Å². The van der Waals surface area contributed by atoms with E-state index in [9.17, 15) is 13.2 Å². The summed E-state index contributed by atoms with van der Waals surface area (Å²) in [4.78, 5) is 8.41. The Hall–Kier alpha value is -1.33. The van der Waals surface area contributed by atoms with Crippen LogP contribution in [0.4, 0.5) is 13.2 Å². The van der Waals surface area contributed by atoms with Gasteiger partial charge < -0.3 is 4.74 Å². The summed E-state index contributed by atoms with van der Waals surface area (Å²) >= 11 is 0. The monoisotopic (exact) mass is 274 g/mol. The minimum absolute atomic E-state index is 0.0572. The average molecular weight is 274 g/mol. The van der Waals surface area contributed by atoms with E-state index in [2.05, 4.69) is 9.97 Å². The van der Waals surface area contributed by atoms with Gasteiger partial charge in [0.15, 0.2) is 6.61 Å². The number of aromatic nitrogens is 2. The smallest absolute Gasteiger partial charge is 0.422 e. The standard InChI is InChI=1S/C13H17F3N2O/c1-12(2,3)9-6-17-10(8-4-5-8)18-11(9)19-7-13(14,15)16/h6,8H,4-5,7H2,1-3H3. The second-order valence-electron chi connectivity index (χ2n) is 5.88. The van der Waals surface area contributed by atoms with Crippen molar-refractivity contribution in [3.63, 3.8) is 0 Å². The predicted octanol–water partition coefficient (Wildman–Crippen LogP) is 3.59. The number of halogens is 3. The maximum Gasteiger partial charge on any atom is 0.422 e. The number of rotatable bonds is 3. The van der Waals surface area contributed by atoms with Gasteiger partial charge >= 0.3 is 6.18 Å². The molecular formula is C13H17F3N2O. The third-order valence-corrected chi connectivity index (χ3v) is 2.90. The fraction of sp³-hybridized carbons (Fsp3) is 0.692. The maximum atomic E-state index is 12.3. The van der Waals surface area contributed by atoms with Crippen molar-refractivity contribution in [3.8, 4) is 5.88 Å². The number of ether oxygens (including phenoxy) is 1. The Labute approximate surface area is 110 Å². The molecule has 0 radical (unpaired) electrons. The number of hydrogen-bond donors (Lipinski definition) is 0. The van der Waals surface area contributed by atoms with Crippen molar-refractivity contribution in [2.75, 3.05) is 6.61 Å². The molecule has 1 fully saturated rings. The quantitative estimate of drug-likeness (QED) is 0.844. The summed E-state index contributed by atoms with van der Waals surface area (Å²) in [6.45, 7) is 4.35. The number of hydrogen-bond acceptors (Lipinski definition) is 3. The van der Waals surface area contributed by atoms with E-state index in [1.54, 1.807) is 6.20 Å². The van der Waals surface area contributed by atoms with Crippen LogP contribution in [-0.2, 0) is 5.41 Å². The topological polar surface area (TPSA) is 35.0 Å². The predicted molar refractivity (Wildman–Crippen MR) is 64.3 cm³/mol. The molecule has 1 aliphatic rings. The molecule has 1 heterocycles. The molecule has 0 unspecified atom stereocenters. The van der Waals surface area contributed by atoms with Crippen LogP contribution < -0.4 is 4.74 Å². The lowest BCUT2D eigenvalue weighted by molar-refractivity contribution is -0.154. The lowest BCUT2D eigenvalue weighted by Crippen LogP contribution is -2.23. The lowest BCUT2D eigenvalue weighted by Gasteiger charge is -2.22. The van der Waals surface area contributed by atoms with Crippen LogP contribution in [0.3, 0.4) is 0 Å². The molecule has 1 aromatic rings. The summed E-state index contributed by atoms with van der Waals surface area (Å²) in [5.74, 6) is 0.925. The van der Waals surface area contributed by atoms with Gasteiger partial charge in [-0.2, -0.15) is 18.2 Å². The largest absolute Gasteiger partial charge is 0.468 e. The summed E-state index contributed by atoms with van der Waals surface area (Å²) in [7, 11) is 0. The van der Waals surface area contributed by atoms with Gasteiger partial charge in [-0.3, -0.25) is 0 Å². The molecule has 1 aromatic heterocycles. The average Bonchev–Trinajstić information content (AvgIpc) is 3.07. The third-order valence-electron chi connectivity index (χ3n) is 2.90. The van der Waals surface area contributed by atoms with Gasteiger partial charge in [-0.1, -0.05) is 20.8 Å². The third kappa shape index (κ3) is 3.81. The van der Waals surface area contributed by atoms with E-state index in [1.165, 1.54) is 0 Å². The Kier molecular flexibility index (Phi) is 3.45. The van der Waals surface area contributed by atoms with Gasteiger partial charge in [-0.15, -0.1) is 0 Å². The first-order valence-electron chi connectivity index (χ1n) is 6.24. The molecule has 106 valence electrons. The molecule has 0 aromatic carbocycles. The van der Waals surface area contributed by atoms with Crippen molar-refractivity contribution < 1.29 is 17.9 Å². The maximum absolute atomic E-state index is 12.3. The number of nitrogens with zero attached hydrogens (tertiary/aromatic N) is 2. The molecule has 0 atom stereocenters. The molecule has 1 aliphatic carbocycles. The Morgan fingerprint density at radius 3 is 2.37 bits per heavy atom. The van der Waals surface area contributed by atoms with E-state index in [1.807, 2.05) is 20.8 Å². The minimum atomic E-state index is -4.36. The van der Waals surface area contributed by atoms with Crippen molar-refractivity contribution >= 4 is 0 Å². The van der Waals surface area contributed by atoms with Crippen LogP contribution in [0.5, 0.6) is 5.88 Å². The highest BCUT2D eigenvalue weighted by Gasteiger charge is 2.32. The summed E-state index contributed by atoms with van der Waals surface area (Å²) in [6.07, 6.45) is -0.784. The van der Waals surface area contributed by atoms with Gasteiger partial charge in [0.2, 0.25) is 5.88 Å². The van der Waals surface area contributed by atoms with Gasteiger partial charge in [-0.25, -0.2) is 4.98 Å².